The van der Waals surface area contributed by atoms with Crippen LogP contribution in [0.5, 0.6) is 0 Å². The van der Waals surface area contributed by atoms with Crippen molar-refractivity contribution in [2.24, 2.45) is 0 Å². The molecule has 3 rings (SSSR count). The summed E-state index contributed by atoms with van der Waals surface area (Å²) in [6.45, 7) is 0.404. The molecule has 0 aliphatic carbocycles. The predicted octanol–water partition coefficient (Wildman–Crippen LogP) is 3.12. The largest absolute Gasteiger partial charge is 0.347 e. The number of nitrogens with zero attached hydrogens (tertiary/aromatic N) is 1. The molecular formula is C15H10FNO. The highest BCUT2D eigenvalue weighted by Crippen LogP contribution is 2.41. The van der Waals surface area contributed by atoms with Crippen LogP contribution in [0.15, 0.2) is 48.5 Å². The first kappa shape index (κ1) is 10.9. The Morgan fingerprint density at radius 2 is 1.83 bits per heavy atom. The van der Waals surface area contributed by atoms with E-state index in [0.29, 0.717) is 12.2 Å². The van der Waals surface area contributed by atoms with Gasteiger partial charge in [0.15, 0.2) is 0 Å². The van der Waals surface area contributed by atoms with Crippen LogP contribution < -0.4 is 0 Å². The zero-order valence-electron chi connectivity index (χ0n) is 9.56. The second kappa shape index (κ2) is 3.94. The van der Waals surface area contributed by atoms with Crippen molar-refractivity contribution < 1.29 is 9.13 Å². The Kier molecular flexibility index (Phi) is 2.39. The van der Waals surface area contributed by atoms with Gasteiger partial charge in [0.05, 0.1) is 6.61 Å². The van der Waals surface area contributed by atoms with Crippen LogP contribution in [0.2, 0.25) is 0 Å². The molecule has 0 N–H and O–H groups in total. The van der Waals surface area contributed by atoms with Gasteiger partial charge in [0.2, 0.25) is 5.60 Å². The van der Waals surface area contributed by atoms with Gasteiger partial charge in [-0.25, -0.2) is 4.39 Å². The summed E-state index contributed by atoms with van der Waals surface area (Å²) >= 11 is 0. The summed E-state index contributed by atoms with van der Waals surface area (Å²) in [6, 6.07) is 15.7. The van der Waals surface area contributed by atoms with Crippen LogP contribution in [0.4, 0.5) is 4.39 Å². The molecule has 0 spiro atoms. The SMILES string of the molecule is N#C[C@@]1(c2ccc(F)cc2)OCc2ccccc21. The lowest BCUT2D eigenvalue weighted by molar-refractivity contribution is 0.0387. The lowest BCUT2D eigenvalue weighted by Gasteiger charge is -2.21. The minimum absolute atomic E-state index is 0.321. The summed E-state index contributed by atoms with van der Waals surface area (Å²) in [5.74, 6) is -0.321. The molecule has 0 radical (unpaired) electrons. The fourth-order valence-electron chi connectivity index (χ4n) is 2.33. The van der Waals surface area contributed by atoms with Gasteiger partial charge in [0, 0.05) is 11.1 Å². The molecule has 0 saturated heterocycles. The van der Waals surface area contributed by atoms with Gasteiger partial charge in [-0.2, -0.15) is 5.26 Å². The van der Waals surface area contributed by atoms with Crippen LogP contribution >= 0.6 is 0 Å². The van der Waals surface area contributed by atoms with Crippen molar-refractivity contribution in [3.05, 3.63) is 71.0 Å². The van der Waals surface area contributed by atoms with Crippen molar-refractivity contribution in [1.29, 1.82) is 5.26 Å². The highest BCUT2D eigenvalue weighted by Gasteiger charge is 2.42. The average Bonchev–Trinajstić information content (AvgIpc) is 2.80. The molecule has 2 aromatic rings. The minimum atomic E-state index is -1.11. The van der Waals surface area contributed by atoms with E-state index in [9.17, 15) is 9.65 Å². The van der Waals surface area contributed by atoms with E-state index in [1.54, 1.807) is 12.1 Å². The topological polar surface area (TPSA) is 33.0 Å². The van der Waals surface area contributed by atoms with E-state index < -0.39 is 5.60 Å². The van der Waals surface area contributed by atoms with Crippen LogP contribution in [0, 0.1) is 17.1 Å². The Labute approximate surface area is 104 Å². The Morgan fingerprint density at radius 1 is 1.11 bits per heavy atom. The lowest BCUT2D eigenvalue weighted by atomic mass is 9.87. The Morgan fingerprint density at radius 3 is 2.56 bits per heavy atom. The number of rotatable bonds is 1. The second-order valence-electron chi connectivity index (χ2n) is 4.25. The monoisotopic (exact) mass is 239 g/mol. The molecule has 0 unspecified atom stereocenters. The number of fused-ring (bicyclic) bond motifs is 1. The summed E-state index contributed by atoms with van der Waals surface area (Å²) in [6.07, 6.45) is 0. The number of benzene rings is 2. The second-order valence-corrected chi connectivity index (χ2v) is 4.25. The highest BCUT2D eigenvalue weighted by molar-refractivity contribution is 5.48. The lowest BCUT2D eigenvalue weighted by Crippen LogP contribution is -2.24. The molecule has 1 aliphatic heterocycles. The van der Waals surface area contributed by atoms with E-state index in [-0.39, 0.29) is 5.82 Å². The fraction of sp³-hybridized carbons (Fsp3) is 0.133. The summed E-state index contributed by atoms with van der Waals surface area (Å²) in [4.78, 5) is 0. The van der Waals surface area contributed by atoms with Gasteiger partial charge in [-0.15, -0.1) is 0 Å². The molecule has 0 aromatic heterocycles. The molecule has 0 amide bonds. The van der Waals surface area contributed by atoms with Gasteiger partial charge < -0.3 is 4.74 Å². The molecule has 2 nitrogen and oxygen atoms in total. The summed E-state index contributed by atoms with van der Waals surface area (Å²) in [5, 5.41) is 9.52. The van der Waals surface area contributed by atoms with E-state index in [0.717, 1.165) is 11.1 Å². The molecule has 0 saturated carbocycles. The standard InChI is InChI=1S/C15H10FNO/c16-13-7-5-12(6-8-13)15(10-17)14-4-2-1-3-11(14)9-18-15/h1-8H,9H2/t15-/m0/s1. The molecular weight excluding hydrogens is 229 g/mol. The van der Waals surface area contributed by atoms with Crippen molar-refractivity contribution in [1.82, 2.24) is 0 Å². The van der Waals surface area contributed by atoms with Crippen LogP contribution in [0.1, 0.15) is 16.7 Å². The predicted molar refractivity (Wildman–Crippen MR) is 64.0 cm³/mol. The first-order valence-corrected chi connectivity index (χ1v) is 5.66. The normalized spacial score (nSPS) is 21.3. The van der Waals surface area contributed by atoms with Crippen molar-refractivity contribution in [3.8, 4) is 6.07 Å². The number of hydrogen-bond donors (Lipinski definition) is 0. The van der Waals surface area contributed by atoms with E-state index in [1.165, 1.54) is 12.1 Å². The molecule has 1 aliphatic rings. The van der Waals surface area contributed by atoms with Crippen molar-refractivity contribution in [2.75, 3.05) is 0 Å². The third kappa shape index (κ3) is 1.43. The van der Waals surface area contributed by atoms with E-state index in [1.807, 2.05) is 24.3 Å². The Hall–Kier alpha value is -2.18. The van der Waals surface area contributed by atoms with Gasteiger partial charge in [-0.1, -0.05) is 36.4 Å². The highest BCUT2D eigenvalue weighted by atomic mass is 19.1. The maximum absolute atomic E-state index is 13.0. The summed E-state index contributed by atoms with van der Waals surface area (Å²) in [5.41, 5.74) is 1.41. The molecule has 0 fully saturated rings. The number of hydrogen-bond acceptors (Lipinski definition) is 2. The molecule has 1 heterocycles. The third-order valence-corrected chi connectivity index (χ3v) is 3.25. The van der Waals surface area contributed by atoms with Crippen LogP contribution in [0.3, 0.4) is 0 Å². The first-order valence-electron chi connectivity index (χ1n) is 5.66. The van der Waals surface area contributed by atoms with Gasteiger partial charge in [0.1, 0.15) is 11.9 Å². The number of ether oxygens (including phenoxy) is 1. The third-order valence-electron chi connectivity index (χ3n) is 3.25. The van der Waals surface area contributed by atoms with Crippen LogP contribution in [0.25, 0.3) is 0 Å². The fourth-order valence-corrected chi connectivity index (χ4v) is 2.33. The van der Waals surface area contributed by atoms with Crippen molar-refractivity contribution in [2.45, 2.75) is 12.2 Å². The number of halogens is 1. The van der Waals surface area contributed by atoms with Crippen molar-refractivity contribution >= 4 is 0 Å². The molecule has 0 bridgehead atoms. The van der Waals surface area contributed by atoms with Crippen LogP contribution in [-0.4, -0.2) is 0 Å². The molecule has 1 atom stereocenters. The average molecular weight is 239 g/mol. The minimum Gasteiger partial charge on any atom is -0.347 e. The Bertz CT molecular complexity index is 630. The van der Waals surface area contributed by atoms with Gasteiger partial charge in [-0.3, -0.25) is 0 Å². The molecule has 88 valence electrons. The van der Waals surface area contributed by atoms with Crippen molar-refractivity contribution in [3.63, 3.8) is 0 Å². The molecule has 18 heavy (non-hydrogen) atoms. The Balaban J connectivity index is 2.19. The molecule has 3 heteroatoms. The summed E-state index contributed by atoms with van der Waals surface area (Å²) in [7, 11) is 0. The van der Waals surface area contributed by atoms with Crippen LogP contribution in [-0.2, 0) is 16.9 Å². The van der Waals surface area contributed by atoms with Gasteiger partial charge in [0.25, 0.3) is 0 Å². The zero-order chi connectivity index (χ0) is 12.6. The molecule has 2 aromatic carbocycles. The van der Waals surface area contributed by atoms with E-state index in [4.69, 9.17) is 4.74 Å². The quantitative estimate of drug-likeness (QED) is 0.766. The summed E-state index contributed by atoms with van der Waals surface area (Å²) < 4.78 is 18.7. The first-order chi connectivity index (χ1) is 8.76. The van der Waals surface area contributed by atoms with Gasteiger partial charge >= 0.3 is 0 Å². The van der Waals surface area contributed by atoms with E-state index in [2.05, 4.69) is 6.07 Å². The number of nitriles is 1. The van der Waals surface area contributed by atoms with Gasteiger partial charge in [-0.05, 0) is 17.7 Å². The maximum atomic E-state index is 13.0. The zero-order valence-corrected chi connectivity index (χ0v) is 9.56. The van der Waals surface area contributed by atoms with E-state index >= 15 is 0 Å². The maximum Gasteiger partial charge on any atom is 0.205 e. The smallest absolute Gasteiger partial charge is 0.205 e.